The zero-order chi connectivity index (χ0) is 25.4. The minimum Gasteiger partial charge on any atom is -0.393 e. The molecule has 4 fully saturated rings. The fraction of sp³-hybridized carbons (Fsp3) is 0.767. The number of nitrogens with zero attached hydrogens (tertiary/aromatic N) is 1. The number of aryl methyl sites for hydroxylation is 1. The second-order valence-corrected chi connectivity index (χ2v) is 14.4. The van der Waals surface area contributed by atoms with Crippen molar-refractivity contribution in [3.63, 3.8) is 0 Å². The van der Waals surface area contributed by atoms with Crippen LogP contribution in [0.25, 0.3) is 10.2 Å². The molecule has 4 aliphatic carbocycles. The highest BCUT2D eigenvalue weighted by Gasteiger charge is 2.65. The Bertz CT molecular complexity index is 1120. The first kappa shape index (κ1) is 25.2. The first-order chi connectivity index (χ1) is 17.1. The van der Waals surface area contributed by atoms with Gasteiger partial charge in [0.1, 0.15) is 5.82 Å². The highest BCUT2D eigenvalue weighted by Crippen LogP contribution is 2.68. The molecule has 0 bridgehead atoms. The van der Waals surface area contributed by atoms with Crippen molar-refractivity contribution in [2.75, 3.05) is 0 Å². The van der Waals surface area contributed by atoms with Crippen LogP contribution < -0.4 is 0 Å². The molecule has 4 nitrogen and oxygen atoms in total. The molecule has 3 N–H and O–H groups in total. The van der Waals surface area contributed by atoms with Crippen LogP contribution in [0.4, 0.5) is 4.39 Å². The van der Waals surface area contributed by atoms with E-state index in [9.17, 15) is 19.7 Å². The third-order valence-electron chi connectivity index (χ3n) is 11.7. The number of fused-ring (bicyclic) bond motifs is 6. The zero-order valence-electron chi connectivity index (χ0n) is 21.9. The number of hydrogen-bond acceptors (Lipinski definition) is 5. The van der Waals surface area contributed by atoms with Crippen molar-refractivity contribution in [2.24, 2.45) is 46.3 Å². The van der Waals surface area contributed by atoms with Crippen LogP contribution in [0.3, 0.4) is 0 Å². The molecule has 0 saturated heterocycles. The van der Waals surface area contributed by atoms with Gasteiger partial charge in [0.15, 0.2) is 0 Å². The van der Waals surface area contributed by atoms with E-state index in [2.05, 4.69) is 25.8 Å². The molecule has 0 aliphatic heterocycles. The lowest BCUT2D eigenvalue weighted by molar-refractivity contribution is -0.207. The van der Waals surface area contributed by atoms with Gasteiger partial charge in [0.05, 0.1) is 33.5 Å². The summed E-state index contributed by atoms with van der Waals surface area (Å²) in [7, 11) is 0. The first-order valence-electron chi connectivity index (χ1n) is 14.2. The molecular weight excluding hydrogens is 473 g/mol. The average molecular weight is 516 g/mol. The molecule has 1 unspecified atom stereocenters. The summed E-state index contributed by atoms with van der Waals surface area (Å²) in [6, 6.07) is 4.84. The van der Waals surface area contributed by atoms with Gasteiger partial charge in [-0.25, -0.2) is 9.37 Å². The Morgan fingerprint density at radius 2 is 1.89 bits per heavy atom. The number of aromatic nitrogens is 1. The van der Waals surface area contributed by atoms with E-state index in [0.29, 0.717) is 29.6 Å². The van der Waals surface area contributed by atoms with Gasteiger partial charge >= 0.3 is 0 Å². The lowest BCUT2D eigenvalue weighted by atomic mass is 9.43. The summed E-state index contributed by atoms with van der Waals surface area (Å²) < 4.78 is 14.6. The molecule has 0 spiro atoms. The molecule has 4 saturated carbocycles. The Morgan fingerprint density at radius 1 is 1.08 bits per heavy atom. The fourth-order valence-electron chi connectivity index (χ4n) is 9.74. The van der Waals surface area contributed by atoms with E-state index in [-0.39, 0.29) is 40.9 Å². The average Bonchev–Trinajstić information content (AvgIpc) is 3.40. The van der Waals surface area contributed by atoms with Crippen LogP contribution in [-0.4, -0.2) is 38.6 Å². The summed E-state index contributed by atoms with van der Waals surface area (Å²) in [6.07, 6.45) is 7.42. The predicted molar refractivity (Wildman–Crippen MR) is 141 cm³/mol. The molecule has 0 radical (unpaired) electrons. The molecule has 4 aliphatic rings. The lowest BCUT2D eigenvalue weighted by Crippen LogP contribution is -2.62. The van der Waals surface area contributed by atoms with Crippen LogP contribution in [0.15, 0.2) is 18.2 Å². The minimum absolute atomic E-state index is 0.113. The molecule has 6 heteroatoms. The maximum atomic E-state index is 13.6. The predicted octanol–water partition coefficient (Wildman–Crippen LogP) is 5.97. The van der Waals surface area contributed by atoms with Crippen LogP contribution in [0.1, 0.15) is 77.1 Å². The smallest absolute Gasteiger partial charge is 0.125 e. The highest BCUT2D eigenvalue weighted by molar-refractivity contribution is 7.18. The third kappa shape index (κ3) is 3.80. The van der Waals surface area contributed by atoms with Gasteiger partial charge in [-0.15, -0.1) is 11.3 Å². The monoisotopic (exact) mass is 515 g/mol. The summed E-state index contributed by atoms with van der Waals surface area (Å²) in [5.74, 6) is 1.93. The highest BCUT2D eigenvalue weighted by atomic mass is 32.1. The molecule has 1 heterocycles. The van der Waals surface area contributed by atoms with Gasteiger partial charge in [0.25, 0.3) is 0 Å². The number of halogens is 1. The standard InChI is InChI=1S/C30H42FNO3S/c1-16(4-9-27-32-23-14-18(31)5-8-25(23)36-27)20-6-7-21-28-22(15-26(35)30(20,21)3)29(2)11-10-19(33)12-17(29)13-24(28)34/h5,8,14,16-17,19-22,24,26,28,33-35H,4,6-7,9-13,15H2,1-3H3/t16?,17-,19+,20+,21-,22-,24+,26-,28-,29-,30+/m0/s1. The Morgan fingerprint density at radius 3 is 2.69 bits per heavy atom. The minimum atomic E-state index is -0.348. The maximum Gasteiger partial charge on any atom is 0.125 e. The van der Waals surface area contributed by atoms with Crippen LogP contribution in [0.5, 0.6) is 0 Å². The van der Waals surface area contributed by atoms with E-state index in [4.69, 9.17) is 0 Å². The summed E-state index contributed by atoms with van der Waals surface area (Å²) >= 11 is 1.66. The number of benzene rings is 1. The lowest BCUT2D eigenvalue weighted by Gasteiger charge is -2.63. The number of aliphatic hydroxyl groups excluding tert-OH is 3. The number of rotatable bonds is 4. The quantitative estimate of drug-likeness (QED) is 0.469. The number of aliphatic hydroxyl groups is 3. The van der Waals surface area contributed by atoms with Crippen molar-refractivity contribution in [3.05, 3.63) is 29.0 Å². The van der Waals surface area contributed by atoms with Gasteiger partial charge in [-0.05, 0) is 116 Å². The Hall–Kier alpha value is -1.08. The summed E-state index contributed by atoms with van der Waals surface area (Å²) in [6.45, 7) is 7.04. The van der Waals surface area contributed by atoms with Crippen molar-refractivity contribution in [1.82, 2.24) is 4.98 Å². The van der Waals surface area contributed by atoms with Crippen molar-refractivity contribution < 1.29 is 19.7 Å². The van der Waals surface area contributed by atoms with E-state index in [1.165, 1.54) is 12.1 Å². The fourth-order valence-corrected chi connectivity index (χ4v) is 10.7. The molecule has 6 rings (SSSR count). The summed E-state index contributed by atoms with van der Waals surface area (Å²) in [5, 5.41) is 34.6. The zero-order valence-corrected chi connectivity index (χ0v) is 22.7. The third-order valence-corrected chi connectivity index (χ3v) is 12.8. The van der Waals surface area contributed by atoms with Crippen molar-refractivity contribution in [2.45, 2.75) is 96.9 Å². The van der Waals surface area contributed by atoms with Crippen LogP contribution in [0, 0.1) is 52.2 Å². The topological polar surface area (TPSA) is 73.6 Å². The second-order valence-electron chi connectivity index (χ2n) is 13.3. The molecule has 0 amide bonds. The summed E-state index contributed by atoms with van der Waals surface area (Å²) in [5.41, 5.74) is 0.689. The van der Waals surface area contributed by atoms with E-state index < -0.39 is 0 Å². The number of thiazole rings is 1. The van der Waals surface area contributed by atoms with Gasteiger partial charge in [-0.3, -0.25) is 0 Å². The first-order valence-corrected chi connectivity index (χ1v) is 15.0. The van der Waals surface area contributed by atoms with Crippen LogP contribution in [-0.2, 0) is 6.42 Å². The van der Waals surface area contributed by atoms with Crippen LogP contribution in [0.2, 0.25) is 0 Å². The van der Waals surface area contributed by atoms with E-state index in [1.54, 1.807) is 11.3 Å². The van der Waals surface area contributed by atoms with Gasteiger partial charge in [-0.1, -0.05) is 20.8 Å². The van der Waals surface area contributed by atoms with Gasteiger partial charge in [0, 0.05) is 6.07 Å². The van der Waals surface area contributed by atoms with Crippen molar-refractivity contribution in [3.8, 4) is 0 Å². The van der Waals surface area contributed by atoms with Crippen molar-refractivity contribution in [1.29, 1.82) is 0 Å². The number of hydrogen-bond donors (Lipinski definition) is 3. The SMILES string of the molecule is CC(CCc1nc2cc(F)ccc2s1)[C@H]1CC[C@H]2[C@@H]3[C@H](O)C[C@@H]4C[C@H](O)CC[C@]4(C)[C@H]3C[C@H](O)[C@]12C. The Labute approximate surface area is 218 Å². The molecule has 11 atom stereocenters. The maximum absolute atomic E-state index is 13.6. The van der Waals surface area contributed by atoms with E-state index in [0.717, 1.165) is 73.0 Å². The van der Waals surface area contributed by atoms with Gasteiger partial charge < -0.3 is 15.3 Å². The Balaban J connectivity index is 1.20. The molecular formula is C30H42FNO3S. The molecule has 198 valence electrons. The van der Waals surface area contributed by atoms with Crippen molar-refractivity contribution >= 4 is 21.6 Å². The molecule has 36 heavy (non-hydrogen) atoms. The Kier molecular flexibility index (Phi) is 6.30. The largest absolute Gasteiger partial charge is 0.393 e. The second kappa shape index (κ2) is 9.00. The van der Waals surface area contributed by atoms with Crippen LogP contribution >= 0.6 is 11.3 Å². The molecule has 1 aromatic carbocycles. The van der Waals surface area contributed by atoms with Gasteiger partial charge in [0.2, 0.25) is 0 Å². The van der Waals surface area contributed by atoms with E-state index in [1.807, 2.05) is 6.07 Å². The van der Waals surface area contributed by atoms with Gasteiger partial charge in [-0.2, -0.15) is 0 Å². The summed E-state index contributed by atoms with van der Waals surface area (Å²) in [4.78, 5) is 4.68. The van der Waals surface area contributed by atoms with E-state index >= 15 is 0 Å². The normalized spacial score (nSPS) is 45.2. The molecule has 1 aromatic heterocycles. The molecule has 2 aromatic rings.